The van der Waals surface area contributed by atoms with Crippen LogP contribution in [0.25, 0.3) is 10.8 Å². The molecule has 2 fully saturated rings. The first kappa shape index (κ1) is 18.0. The predicted octanol–water partition coefficient (Wildman–Crippen LogP) is 4.09. The van der Waals surface area contributed by atoms with Crippen LogP contribution in [-0.2, 0) is 9.59 Å². The van der Waals surface area contributed by atoms with E-state index in [4.69, 9.17) is 0 Å². The molecule has 2 aliphatic rings. The quantitative estimate of drug-likeness (QED) is 0.838. The number of nitrogens with zero attached hydrogens (tertiary/aromatic N) is 1. The first-order valence-electron chi connectivity index (χ1n) is 9.51. The molecule has 2 amide bonds. The maximum Gasteiger partial charge on any atom is 0.240 e. The second-order valence-electron chi connectivity index (χ2n) is 7.14. The standard InChI is InChI=1S/C21H23N3O2S/c25-19(22-17-11-10-14-6-4-5-7-15(14)12-17)13-18-20(26)24-21(27-18)23-16-8-2-1-3-9-16/h4-7,10-12,16,18H,1-3,8-9,13H2,(H,22,25)(H,23,24,26). The van der Waals surface area contributed by atoms with E-state index in [0.29, 0.717) is 11.2 Å². The molecule has 1 saturated heterocycles. The van der Waals surface area contributed by atoms with E-state index in [2.05, 4.69) is 15.6 Å². The Morgan fingerprint density at radius 1 is 1.11 bits per heavy atom. The number of hydrogen-bond donors (Lipinski definition) is 2. The maximum atomic E-state index is 12.4. The minimum absolute atomic E-state index is 0.122. The highest BCUT2D eigenvalue weighted by Gasteiger charge is 2.32. The number of nitrogens with one attached hydrogen (secondary N) is 2. The maximum absolute atomic E-state index is 12.4. The van der Waals surface area contributed by atoms with Crippen LogP contribution < -0.4 is 10.6 Å². The summed E-state index contributed by atoms with van der Waals surface area (Å²) in [6, 6.07) is 14.1. The van der Waals surface area contributed by atoms with E-state index in [9.17, 15) is 9.59 Å². The molecule has 1 aliphatic carbocycles. The Labute approximate surface area is 163 Å². The van der Waals surface area contributed by atoms with Crippen LogP contribution in [0.4, 0.5) is 5.69 Å². The molecule has 1 aliphatic heterocycles. The van der Waals surface area contributed by atoms with Gasteiger partial charge in [0.2, 0.25) is 11.8 Å². The summed E-state index contributed by atoms with van der Waals surface area (Å²) in [6.45, 7) is 0. The molecule has 27 heavy (non-hydrogen) atoms. The summed E-state index contributed by atoms with van der Waals surface area (Å²) < 4.78 is 0. The van der Waals surface area contributed by atoms with Gasteiger partial charge in [0, 0.05) is 12.1 Å². The van der Waals surface area contributed by atoms with Gasteiger partial charge in [-0.15, -0.1) is 0 Å². The Bertz CT molecular complexity index is 890. The van der Waals surface area contributed by atoms with Crippen LogP contribution >= 0.6 is 11.8 Å². The zero-order valence-corrected chi connectivity index (χ0v) is 15.9. The molecule has 0 radical (unpaired) electrons. The fourth-order valence-electron chi connectivity index (χ4n) is 3.62. The summed E-state index contributed by atoms with van der Waals surface area (Å²) >= 11 is 1.38. The smallest absolute Gasteiger partial charge is 0.240 e. The van der Waals surface area contributed by atoms with Gasteiger partial charge in [0.25, 0.3) is 0 Å². The molecule has 6 heteroatoms. The first-order chi connectivity index (χ1) is 13.2. The molecule has 1 unspecified atom stereocenters. The van der Waals surface area contributed by atoms with Crippen LogP contribution in [0.5, 0.6) is 0 Å². The molecule has 1 atom stereocenters. The van der Waals surface area contributed by atoms with Gasteiger partial charge in [0.1, 0.15) is 5.25 Å². The van der Waals surface area contributed by atoms with E-state index in [1.165, 1.54) is 31.0 Å². The highest BCUT2D eigenvalue weighted by atomic mass is 32.2. The average Bonchev–Trinajstić information content (AvgIpc) is 3.01. The average molecular weight is 382 g/mol. The Morgan fingerprint density at radius 3 is 2.70 bits per heavy atom. The fraction of sp³-hybridized carbons (Fsp3) is 0.381. The van der Waals surface area contributed by atoms with Crippen molar-refractivity contribution in [2.75, 3.05) is 5.32 Å². The molecule has 1 saturated carbocycles. The van der Waals surface area contributed by atoms with Gasteiger partial charge in [0.15, 0.2) is 5.17 Å². The predicted molar refractivity (Wildman–Crippen MR) is 111 cm³/mol. The van der Waals surface area contributed by atoms with Gasteiger partial charge >= 0.3 is 0 Å². The van der Waals surface area contributed by atoms with Gasteiger partial charge in [-0.1, -0.05) is 61.4 Å². The molecule has 5 nitrogen and oxygen atoms in total. The number of hydrogen-bond acceptors (Lipinski definition) is 4. The normalized spacial score (nSPS) is 22.1. The molecule has 140 valence electrons. The summed E-state index contributed by atoms with van der Waals surface area (Å²) in [5, 5.41) is 8.21. The van der Waals surface area contributed by atoms with E-state index in [1.54, 1.807) is 0 Å². The molecule has 2 aromatic carbocycles. The Morgan fingerprint density at radius 2 is 1.89 bits per heavy atom. The van der Waals surface area contributed by atoms with Crippen molar-refractivity contribution < 1.29 is 9.59 Å². The largest absolute Gasteiger partial charge is 0.326 e. The number of thioether (sulfide) groups is 1. The number of aliphatic imine (C=N–C) groups is 1. The summed E-state index contributed by atoms with van der Waals surface area (Å²) in [6.07, 6.45) is 6.01. The van der Waals surface area contributed by atoms with E-state index in [0.717, 1.165) is 29.3 Å². The Hall–Kier alpha value is -2.34. The summed E-state index contributed by atoms with van der Waals surface area (Å²) in [5.74, 6) is -0.278. The lowest BCUT2D eigenvalue weighted by molar-refractivity contribution is -0.122. The van der Waals surface area contributed by atoms with Crippen molar-refractivity contribution in [1.82, 2.24) is 5.32 Å². The molecular formula is C21H23N3O2S. The third kappa shape index (κ3) is 4.50. The van der Waals surface area contributed by atoms with Gasteiger partial charge in [-0.25, -0.2) is 0 Å². The molecule has 2 N–H and O–H groups in total. The molecule has 0 bridgehead atoms. The number of anilines is 1. The molecule has 1 heterocycles. The third-order valence-corrected chi connectivity index (χ3v) is 6.15. The lowest BCUT2D eigenvalue weighted by Gasteiger charge is -2.17. The number of carbonyl (C=O) groups excluding carboxylic acids is 2. The van der Waals surface area contributed by atoms with Crippen molar-refractivity contribution in [3.05, 3.63) is 42.5 Å². The van der Waals surface area contributed by atoms with Gasteiger partial charge in [-0.3, -0.25) is 14.6 Å². The number of rotatable bonds is 4. The van der Waals surface area contributed by atoms with E-state index >= 15 is 0 Å². The highest BCUT2D eigenvalue weighted by Crippen LogP contribution is 2.27. The van der Waals surface area contributed by atoms with Gasteiger partial charge in [-0.05, 0) is 35.7 Å². The summed E-state index contributed by atoms with van der Waals surface area (Å²) in [7, 11) is 0. The van der Waals surface area contributed by atoms with Crippen LogP contribution in [0.3, 0.4) is 0 Å². The van der Waals surface area contributed by atoms with Crippen molar-refractivity contribution in [1.29, 1.82) is 0 Å². The number of amides is 2. The van der Waals surface area contributed by atoms with Crippen molar-refractivity contribution in [2.24, 2.45) is 4.99 Å². The SMILES string of the molecule is O=C(CC1SC(=NC2CCCCC2)NC1=O)Nc1ccc2ccccc2c1. The zero-order chi connectivity index (χ0) is 18.6. The number of carbonyl (C=O) groups is 2. The van der Waals surface area contributed by atoms with Crippen LogP contribution in [-0.4, -0.2) is 28.3 Å². The molecule has 0 spiro atoms. The monoisotopic (exact) mass is 381 g/mol. The highest BCUT2D eigenvalue weighted by molar-refractivity contribution is 8.15. The molecular weight excluding hydrogens is 358 g/mol. The molecule has 2 aromatic rings. The topological polar surface area (TPSA) is 70.6 Å². The minimum Gasteiger partial charge on any atom is -0.326 e. The minimum atomic E-state index is -0.409. The van der Waals surface area contributed by atoms with Crippen molar-refractivity contribution in [3.8, 4) is 0 Å². The third-order valence-electron chi connectivity index (χ3n) is 5.05. The first-order valence-corrected chi connectivity index (χ1v) is 10.4. The second kappa shape index (κ2) is 8.13. The van der Waals surface area contributed by atoms with Gasteiger partial charge < -0.3 is 10.6 Å². The van der Waals surface area contributed by atoms with Crippen LogP contribution in [0.1, 0.15) is 38.5 Å². The summed E-state index contributed by atoms with van der Waals surface area (Å²) in [4.78, 5) is 29.3. The van der Waals surface area contributed by atoms with E-state index in [1.807, 2.05) is 42.5 Å². The number of fused-ring (bicyclic) bond motifs is 1. The van der Waals surface area contributed by atoms with Crippen LogP contribution in [0, 0.1) is 0 Å². The fourth-order valence-corrected chi connectivity index (χ4v) is 4.66. The van der Waals surface area contributed by atoms with Crippen LogP contribution in [0.15, 0.2) is 47.5 Å². The summed E-state index contributed by atoms with van der Waals surface area (Å²) in [5.41, 5.74) is 0.748. The van der Waals surface area contributed by atoms with E-state index in [-0.39, 0.29) is 18.2 Å². The number of benzene rings is 2. The number of amidine groups is 1. The van der Waals surface area contributed by atoms with Crippen molar-refractivity contribution in [2.45, 2.75) is 49.8 Å². The molecule has 4 rings (SSSR count). The van der Waals surface area contributed by atoms with Crippen molar-refractivity contribution in [3.63, 3.8) is 0 Å². The second-order valence-corrected chi connectivity index (χ2v) is 8.33. The van der Waals surface area contributed by atoms with Crippen molar-refractivity contribution >= 4 is 45.2 Å². The van der Waals surface area contributed by atoms with E-state index < -0.39 is 5.25 Å². The zero-order valence-electron chi connectivity index (χ0n) is 15.1. The Kier molecular flexibility index (Phi) is 5.43. The van der Waals surface area contributed by atoms with Gasteiger partial charge in [-0.2, -0.15) is 0 Å². The Balaban J connectivity index is 1.35. The lowest BCUT2D eigenvalue weighted by atomic mass is 9.96. The van der Waals surface area contributed by atoms with Gasteiger partial charge in [0.05, 0.1) is 6.04 Å². The molecule has 0 aromatic heterocycles. The lowest BCUT2D eigenvalue weighted by Crippen LogP contribution is -2.28. The van der Waals surface area contributed by atoms with Crippen LogP contribution in [0.2, 0.25) is 0 Å².